The van der Waals surface area contributed by atoms with Gasteiger partial charge < -0.3 is 18.8 Å². The van der Waals surface area contributed by atoms with Crippen LogP contribution in [-0.2, 0) is 29.0 Å². The zero-order chi connectivity index (χ0) is 29.2. The van der Waals surface area contributed by atoms with Crippen molar-refractivity contribution in [3.8, 4) is 16.9 Å². The Balaban J connectivity index is 1.38. The molecule has 5 aromatic rings. The molecule has 0 unspecified atom stereocenters. The first-order valence-corrected chi connectivity index (χ1v) is 14.7. The van der Waals surface area contributed by atoms with Gasteiger partial charge in [-0.15, -0.1) is 0 Å². The standard InChI is InChI=1S/C34H36FN3O4/c1-4-41-34(39)33-25(13-9-17-42-30-14-7-10-23-19-28(35)21(2)18-27(23)30)24-11-8-12-26-31-22(3)36-37-29(31)20-40-16-6-5-15-38(33)32(24)26/h7-8,10-12,14,18-19H,4-6,9,13,15-17,20H2,1-3H3,(H,36,37). The molecule has 0 saturated carbocycles. The maximum absolute atomic E-state index is 14.1. The summed E-state index contributed by atoms with van der Waals surface area (Å²) in [5.74, 6) is 0.195. The number of aromatic amines is 1. The summed E-state index contributed by atoms with van der Waals surface area (Å²) in [6.07, 6.45) is 3.08. The molecule has 1 N–H and O–H groups in total. The van der Waals surface area contributed by atoms with Crippen LogP contribution in [0.15, 0.2) is 48.5 Å². The molecule has 0 fully saturated rings. The van der Waals surface area contributed by atoms with E-state index in [1.807, 2.05) is 44.2 Å². The molecule has 8 heteroatoms. The van der Waals surface area contributed by atoms with E-state index in [-0.39, 0.29) is 11.8 Å². The predicted molar refractivity (Wildman–Crippen MR) is 162 cm³/mol. The summed E-state index contributed by atoms with van der Waals surface area (Å²) in [6, 6.07) is 15.3. The number of nitrogens with zero attached hydrogens (tertiary/aromatic N) is 2. The molecule has 42 heavy (non-hydrogen) atoms. The molecular formula is C34H36FN3O4. The van der Waals surface area contributed by atoms with Crippen molar-refractivity contribution < 1.29 is 23.4 Å². The van der Waals surface area contributed by atoms with E-state index in [0.29, 0.717) is 57.1 Å². The maximum atomic E-state index is 14.1. The number of para-hydroxylation sites is 1. The van der Waals surface area contributed by atoms with Gasteiger partial charge >= 0.3 is 5.97 Å². The van der Waals surface area contributed by atoms with Crippen LogP contribution in [0.5, 0.6) is 5.75 Å². The minimum absolute atomic E-state index is 0.224. The van der Waals surface area contributed by atoms with Crippen molar-refractivity contribution in [3.05, 3.63) is 82.6 Å². The lowest BCUT2D eigenvalue weighted by Crippen LogP contribution is -2.15. The van der Waals surface area contributed by atoms with Crippen molar-refractivity contribution in [2.24, 2.45) is 0 Å². The number of benzene rings is 3. The molecule has 2 aromatic heterocycles. The first-order valence-electron chi connectivity index (χ1n) is 14.7. The van der Waals surface area contributed by atoms with E-state index in [0.717, 1.165) is 68.3 Å². The zero-order valence-corrected chi connectivity index (χ0v) is 24.4. The van der Waals surface area contributed by atoms with Crippen LogP contribution in [0, 0.1) is 19.7 Å². The first kappa shape index (κ1) is 28.0. The van der Waals surface area contributed by atoms with Crippen molar-refractivity contribution in [1.82, 2.24) is 14.8 Å². The molecule has 0 spiro atoms. The second-order valence-corrected chi connectivity index (χ2v) is 10.9. The van der Waals surface area contributed by atoms with E-state index < -0.39 is 0 Å². The van der Waals surface area contributed by atoms with Gasteiger partial charge in [-0.1, -0.05) is 30.3 Å². The van der Waals surface area contributed by atoms with E-state index in [4.69, 9.17) is 14.2 Å². The molecule has 3 aromatic carbocycles. The molecule has 0 saturated heterocycles. The quantitative estimate of drug-likeness (QED) is 0.163. The molecule has 0 atom stereocenters. The van der Waals surface area contributed by atoms with Gasteiger partial charge in [0, 0.05) is 35.1 Å². The van der Waals surface area contributed by atoms with E-state index in [1.165, 1.54) is 0 Å². The molecule has 0 bridgehead atoms. The van der Waals surface area contributed by atoms with Crippen molar-refractivity contribution in [2.45, 2.75) is 59.6 Å². The van der Waals surface area contributed by atoms with Crippen LogP contribution >= 0.6 is 0 Å². The van der Waals surface area contributed by atoms with Crippen LogP contribution in [0.3, 0.4) is 0 Å². The molecule has 1 aliphatic rings. The number of nitrogens with one attached hydrogen (secondary N) is 1. The van der Waals surface area contributed by atoms with Gasteiger partial charge in [-0.05, 0) is 81.2 Å². The van der Waals surface area contributed by atoms with Crippen molar-refractivity contribution >= 4 is 27.6 Å². The third kappa shape index (κ3) is 5.15. The summed E-state index contributed by atoms with van der Waals surface area (Å²) in [6.45, 7) is 8.12. The fourth-order valence-electron chi connectivity index (χ4n) is 6.12. The van der Waals surface area contributed by atoms with Crippen LogP contribution in [0.4, 0.5) is 4.39 Å². The monoisotopic (exact) mass is 569 g/mol. The van der Waals surface area contributed by atoms with Gasteiger partial charge in [0.2, 0.25) is 0 Å². The fraction of sp³-hybridized carbons (Fsp3) is 0.353. The summed E-state index contributed by atoms with van der Waals surface area (Å²) in [7, 11) is 0. The Bertz CT molecular complexity index is 1770. The van der Waals surface area contributed by atoms with Crippen molar-refractivity contribution in [2.75, 3.05) is 19.8 Å². The Morgan fingerprint density at radius 1 is 1.12 bits per heavy atom. The summed E-state index contributed by atoms with van der Waals surface area (Å²) < 4.78 is 34.1. The predicted octanol–water partition coefficient (Wildman–Crippen LogP) is 7.44. The number of H-pyrrole nitrogens is 1. The second-order valence-electron chi connectivity index (χ2n) is 10.9. The molecule has 0 amide bonds. The lowest BCUT2D eigenvalue weighted by Gasteiger charge is -2.13. The SMILES string of the molecule is CCOC(=O)c1c(CCCOc2cccc3cc(F)c(C)cc23)c2cccc3c2n1CCCCOCc1[nH]nc(C)c1-3. The molecule has 0 radical (unpaired) electrons. The van der Waals surface area contributed by atoms with E-state index in [1.54, 1.807) is 13.0 Å². The topological polar surface area (TPSA) is 78.4 Å². The van der Waals surface area contributed by atoms with Gasteiger partial charge in [0.1, 0.15) is 17.3 Å². The lowest BCUT2D eigenvalue weighted by molar-refractivity contribution is 0.0512. The lowest BCUT2D eigenvalue weighted by atomic mass is 9.98. The Hall–Kier alpha value is -4.17. The van der Waals surface area contributed by atoms with E-state index in [2.05, 4.69) is 26.9 Å². The molecule has 1 aliphatic heterocycles. The third-order valence-corrected chi connectivity index (χ3v) is 8.06. The number of carbonyl (C=O) groups excluding carboxylic acids is 1. The molecule has 218 valence electrons. The number of halogens is 1. The summed E-state index contributed by atoms with van der Waals surface area (Å²) in [5.41, 5.74) is 7.08. The van der Waals surface area contributed by atoms with Crippen molar-refractivity contribution in [1.29, 1.82) is 0 Å². The Labute approximate surface area is 244 Å². The van der Waals surface area contributed by atoms with Gasteiger partial charge in [-0.25, -0.2) is 9.18 Å². The molecule has 6 rings (SSSR count). The van der Waals surface area contributed by atoms with Crippen LogP contribution < -0.4 is 4.74 Å². The highest BCUT2D eigenvalue weighted by Crippen LogP contribution is 2.38. The number of carbonyl (C=O) groups is 1. The molecule has 3 heterocycles. The summed E-state index contributed by atoms with van der Waals surface area (Å²) in [4.78, 5) is 13.5. The average Bonchev–Trinajstić information content (AvgIpc) is 3.49. The highest BCUT2D eigenvalue weighted by molar-refractivity contribution is 6.05. The first-order chi connectivity index (χ1) is 20.5. The average molecular weight is 570 g/mol. The minimum Gasteiger partial charge on any atom is -0.493 e. The maximum Gasteiger partial charge on any atom is 0.355 e. The third-order valence-electron chi connectivity index (χ3n) is 8.06. The van der Waals surface area contributed by atoms with Gasteiger partial charge in [0.25, 0.3) is 0 Å². The van der Waals surface area contributed by atoms with Gasteiger partial charge in [0.15, 0.2) is 0 Å². The van der Waals surface area contributed by atoms with Crippen LogP contribution in [0.25, 0.3) is 32.8 Å². The summed E-state index contributed by atoms with van der Waals surface area (Å²) in [5, 5.41) is 10.4. The van der Waals surface area contributed by atoms with Gasteiger partial charge in [-0.3, -0.25) is 5.10 Å². The smallest absolute Gasteiger partial charge is 0.355 e. The van der Waals surface area contributed by atoms with Gasteiger partial charge in [0.05, 0.1) is 36.7 Å². The Morgan fingerprint density at radius 2 is 1.98 bits per heavy atom. The number of aromatic nitrogens is 3. The fourth-order valence-corrected chi connectivity index (χ4v) is 6.12. The van der Waals surface area contributed by atoms with Crippen LogP contribution in [0.1, 0.15) is 59.2 Å². The van der Waals surface area contributed by atoms with Crippen LogP contribution in [-0.4, -0.2) is 40.6 Å². The normalized spacial score (nSPS) is 13.6. The number of rotatable bonds is 7. The summed E-state index contributed by atoms with van der Waals surface area (Å²) >= 11 is 0. The Morgan fingerprint density at radius 3 is 2.83 bits per heavy atom. The highest BCUT2D eigenvalue weighted by Gasteiger charge is 2.27. The highest BCUT2D eigenvalue weighted by atomic mass is 19.1. The number of aryl methyl sites for hydroxylation is 4. The van der Waals surface area contributed by atoms with Crippen LogP contribution in [0.2, 0.25) is 0 Å². The number of hydrogen-bond donors (Lipinski definition) is 1. The molecular weight excluding hydrogens is 533 g/mol. The molecule has 7 nitrogen and oxygen atoms in total. The van der Waals surface area contributed by atoms with E-state index >= 15 is 0 Å². The Kier molecular flexibility index (Phi) is 7.98. The zero-order valence-electron chi connectivity index (χ0n) is 24.4. The van der Waals surface area contributed by atoms with E-state index in [9.17, 15) is 9.18 Å². The van der Waals surface area contributed by atoms with Gasteiger partial charge in [-0.2, -0.15) is 5.10 Å². The number of hydrogen-bond acceptors (Lipinski definition) is 5. The number of ether oxygens (including phenoxy) is 3. The second kappa shape index (κ2) is 12.0. The largest absolute Gasteiger partial charge is 0.493 e. The van der Waals surface area contributed by atoms with Crippen molar-refractivity contribution in [3.63, 3.8) is 0 Å². The number of fused-ring (bicyclic) bond motifs is 3. The minimum atomic E-state index is -0.308. The molecule has 0 aliphatic carbocycles. The number of esters is 1.